The van der Waals surface area contributed by atoms with Crippen molar-refractivity contribution in [2.24, 2.45) is 0 Å². The van der Waals surface area contributed by atoms with Gasteiger partial charge in [-0.3, -0.25) is 4.79 Å². The van der Waals surface area contributed by atoms with Gasteiger partial charge in [0.05, 0.1) is 12.8 Å². The molecule has 1 saturated heterocycles. The van der Waals surface area contributed by atoms with E-state index in [0.717, 1.165) is 73.0 Å². The second-order valence-electron chi connectivity index (χ2n) is 10.2. The molecule has 9 heteroatoms. The van der Waals surface area contributed by atoms with Gasteiger partial charge in [-0.2, -0.15) is 4.98 Å². The van der Waals surface area contributed by atoms with Crippen molar-refractivity contribution >= 4 is 34.7 Å². The SMILES string of the molecule is COc1cc(N2CCN(C)CC2)ccc1Nc1ncc(C(=O)Nc2c(C)cccc2C)c(NC2CCC2)n1. The Morgan fingerprint density at radius 3 is 2.45 bits per heavy atom. The van der Waals surface area contributed by atoms with Gasteiger partial charge in [0.15, 0.2) is 0 Å². The van der Waals surface area contributed by atoms with Crippen LogP contribution in [-0.4, -0.2) is 67.2 Å². The number of likely N-dealkylation sites (N-methyl/N-ethyl adjacent to an activating group) is 1. The molecule has 2 aromatic carbocycles. The lowest BCUT2D eigenvalue weighted by Crippen LogP contribution is -2.44. The van der Waals surface area contributed by atoms with Crippen molar-refractivity contribution in [3.63, 3.8) is 0 Å². The normalized spacial score (nSPS) is 16.1. The second-order valence-corrected chi connectivity index (χ2v) is 10.2. The molecular formula is C29H37N7O2. The summed E-state index contributed by atoms with van der Waals surface area (Å²) in [5.74, 6) is 1.42. The lowest BCUT2D eigenvalue weighted by Gasteiger charge is -2.34. The standard InChI is InChI=1S/C29H37N7O2/c1-19-7-5-8-20(2)26(19)33-28(37)23-18-30-29(34-27(23)31-21-9-6-10-21)32-24-12-11-22(17-25(24)38-4)36-15-13-35(3)14-16-36/h5,7-8,11-12,17-18,21H,6,9-10,13-16H2,1-4H3,(H,33,37)(H2,30,31,32,34). The Hall–Kier alpha value is -3.85. The molecule has 1 saturated carbocycles. The first-order valence-electron chi connectivity index (χ1n) is 13.3. The number of nitrogens with zero attached hydrogens (tertiary/aromatic N) is 4. The van der Waals surface area contributed by atoms with E-state index in [1.54, 1.807) is 13.3 Å². The molecule has 0 spiro atoms. The number of benzene rings is 2. The molecular weight excluding hydrogens is 478 g/mol. The van der Waals surface area contributed by atoms with E-state index in [4.69, 9.17) is 9.72 Å². The number of carbonyl (C=O) groups is 1. The molecule has 1 amide bonds. The van der Waals surface area contributed by atoms with Crippen LogP contribution in [0.3, 0.4) is 0 Å². The van der Waals surface area contributed by atoms with Gasteiger partial charge in [0.2, 0.25) is 5.95 Å². The zero-order valence-electron chi connectivity index (χ0n) is 22.7. The maximum Gasteiger partial charge on any atom is 0.261 e. The minimum Gasteiger partial charge on any atom is -0.494 e. The van der Waals surface area contributed by atoms with Gasteiger partial charge in [-0.1, -0.05) is 18.2 Å². The fourth-order valence-corrected chi connectivity index (χ4v) is 4.82. The fourth-order valence-electron chi connectivity index (χ4n) is 4.82. The molecule has 1 aliphatic heterocycles. The molecule has 200 valence electrons. The number of rotatable bonds is 8. The van der Waals surface area contributed by atoms with Gasteiger partial charge in [0.1, 0.15) is 17.1 Å². The van der Waals surface area contributed by atoms with Crippen LogP contribution in [0.1, 0.15) is 40.7 Å². The number of piperazine rings is 1. The molecule has 5 rings (SSSR count). The Bertz CT molecular complexity index is 1280. The monoisotopic (exact) mass is 515 g/mol. The quantitative estimate of drug-likeness (QED) is 0.393. The van der Waals surface area contributed by atoms with Crippen molar-refractivity contribution in [1.29, 1.82) is 0 Å². The predicted octanol–water partition coefficient (Wildman–Crippen LogP) is 4.81. The molecule has 1 aromatic heterocycles. The van der Waals surface area contributed by atoms with E-state index < -0.39 is 0 Å². The van der Waals surface area contributed by atoms with E-state index in [9.17, 15) is 4.79 Å². The van der Waals surface area contributed by atoms with Crippen LogP contribution in [0.25, 0.3) is 0 Å². The average Bonchev–Trinajstić information content (AvgIpc) is 2.89. The molecule has 1 aliphatic carbocycles. The summed E-state index contributed by atoms with van der Waals surface area (Å²) in [5, 5.41) is 9.82. The summed E-state index contributed by atoms with van der Waals surface area (Å²) in [5.41, 5.74) is 5.17. The largest absolute Gasteiger partial charge is 0.494 e. The minimum absolute atomic E-state index is 0.232. The fraction of sp³-hybridized carbons (Fsp3) is 0.414. The van der Waals surface area contributed by atoms with Gasteiger partial charge in [-0.25, -0.2) is 4.98 Å². The van der Waals surface area contributed by atoms with Crippen LogP contribution >= 0.6 is 0 Å². The molecule has 0 unspecified atom stereocenters. The third kappa shape index (κ3) is 5.67. The number of ether oxygens (including phenoxy) is 1. The Morgan fingerprint density at radius 2 is 1.79 bits per heavy atom. The summed E-state index contributed by atoms with van der Waals surface area (Å²) in [6.07, 6.45) is 4.89. The summed E-state index contributed by atoms with van der Waals surface area (Å²) in [6.45, 7) is 8.02. The highest BCUT2D eigenvalue weighted by Crippen LogP contribution is 2.33. The number of aryl methyl sites for hydroxylation is 2. The van der Waals surface area contributed by atoms with E-state index in [0.29, 0.717) is 23.4 Å². The molecule has 2 fully saturated rings. The Morgan fingerprint density at radius 1 is 1.05 bits per heavy atom. The Kier molecular flexibility index (Phi) is 7.64. The zero-order valence-corrected chi connectivity index (χ0v) is 22.7. The van der Waals surface area contributed by atoms with Gasteiger partial charge in [-0.15, -0.1) is 0 Å². The molecule has 0 bridgehead atoms. The lowest BCUT2D eigenvalue weighted by molar-refractivity contribution is 0.102. The summed E-state index contributed by atoms with van der Waals surface area (Å²) < 4.78 is 5.71. The van der Waals surface area contributed by atoms with Crippen molar-refractivity contribution in [3.05, 3.63) is 59.3 Å². The molecule has 0 atom stereocenters. The first kappa shape index (κ1) is 25.8. The van der Waals surface area contributed by atoms with Crippen molar-refractivity contribution in [1.82, 2.24) is 14.9 Å². The van der Waals surface area contributed by atoms with Crippen LogP contribution in [0.15, 0.2) is 42.6 Å². The molecule has 3 N–H and O–H groups in total. The first-order valence-corrected chi connectivity index (χ1v) is 13.3. The number of carbonyl (C=O) groups excluding carboxylic acids is 1. The minimum atomic E-state index is -0.232. The van der Waals surface area contributed by atoms with Crippen LogP contribution in [0.5, 0.6) is 5.75 Å². The van der Waals surface area contributed by atoms with Crippen LogP contribution in [0.2, 0.25) is 0 Å². The molecule has 9 nitrogen and oxygen atoms in total. The number of anilines is 5. The van der Waals surface area contributed by atoms with Gasteiger partial charge in [0, 0.05) is 55.9 Å². The number of aromatic nitrogens is 2. The van der Waals surface area contributed by atoms with E-state index in [2.05, 4.69) is 43.8 Å². The highest BCUT2D eigenvalue weighted by atomic mass is 16.5. The zero-order chi connectivity index (χ0) is 26.6. The topological polar surface area (TPSA) is 94.7 Å². The third-order valence-corrected chi connectivity index (χ3v) is 7.50. The number of hydrogen-bond donors (Lipinski definition) is 3. The van der Waals surface area contributed by atoms with Gasteiger partial charge < -0.3 is 30.5 Å². The second kappa shape index (κ2) is 11.3. The van der Waals surface area contributed by atoms with Crippen molar-refractivity contribution in [2.75, 3.05) is 61.2 Å². The highest BCUT2D eigenvalue weighted by Gasteiger charge is 2.23. The first-order chi connectivity index (χ1) is 18.4. The number of hydrogen-bond acceptors (Lipinski definition) is 8. The number of para-hydroxylation sites is 1. The van der Waals surface area contributed by atoms with Crippen LogP contribution < -0.4 is 25.6 Å². The highest BCUT2D eigenvalue weighted by molar-refractivity contribution is 6.08. The van der Waals surface area contributed by atoms with Crippen LogP contribution in [-0.2, 0) is 0 Å². The number of amides is 1. The Balaban J connectivity index is 1.38. The van der Waals surface area contributed by atoms with Crippen molar-refractivity contribution in [2.45, 2.75) is 39.2 Å². The van der Waals surface area contributed by atoms with E-state index in [1.165, 1.54) is 6.42 Å². The van der Waals surface area contributed by atoms with E-state index in [-0.39, 0.29) is 5.91 Å². The van der Waals surface area contributed by atoms with Gasteiger partial charge >= 0.3 is 0 Å². The van der Waals surface area contributed by atoms with E-state index >= 15 is 0 Å². The predicted molar refractivity (Wildman–Crippen MR) is 153 cm³/mol. The maximum atomic E-state index is 13.3. The number of methoxy groups -OCH3 is 1. The summed E-state index contributed by atoms with van der Waals surface area (Å²) in [6, 6.07) is 12.4. The van der Waals surface area contributed by atoms with Crippen molar-refractivity contribution in [3.8, 4) is 5.75 Å². The Labute approximate surface area is 224 Å². The molecule has 0 radical (unpaired) electrons. The molecule has 38 heavy (non-hydrogen) atoms. The van der Waals surface area contributed by atoms with Crippen LogP contribution in [0, 0.1) is 13.8 Å². The summed E-state index contributed by atoms with van der Waals surface area (Å²) >= 11 is 0. The lowest BCUT2D eigenvalue weighted by atomic mass is 9.93. The number of nitrogens with one attached hydrogen (secondary N) is 3. The van der Waals surface area contributed by atoms with Crippen LogP contribution in [0.4, 0.5) is 28.8 Å². The maximum absolute atomic E-state index is 13.3. The van der Waals surface area contributed by atoms with Gasteiger partial charge in [-0.05, 0) is 63.4 Å². The van der Waals surface area contributed by atoms with Crippen molar-refractivity contribution < 1.29 is 9.53 Å². The molecule has 2 heterocycles. The average molecular weight is 516 g/mol. The van der Waals surface area contributed by atoms with Gasteiger partial charge in [0.25, 0.3) is 5.91 Å². The van der Waals surface area contributed by atoms with E-state index in [1.807, 2.05) is 44.2 Å². The smallest absolute Gasteiger partial charge is 0.261 e. The third-order valence-electron chi connectivity index (χ3n) is 7.50. The summed E-state index contributed by atoms with van der Waals surface area (Å²) in [7, 11) is 3.82. The molecule has 2 aliphatic rings. The summed E-state index contributed by atoms with van der Waals surface area (Å²) in [4.78, 5) is 27.3. The molecule has 3 aromatic rings.